The van der Waals surface area contributed by atoms with E-state index in [0.717, 1.165) is 24.4 Å². The lowest BCUT2D eigenvalue weighted by Crippen LogP contribution is -2.20. The molecule has 2 aromatic rings. The zero-order valence-electron chi connectivity index (χ0n) is 13.1. The van der Waals surface area contributed by atoms with Crippen molar-refractivity contribution in [1.29, 1.82) is 0 Å². The Morgan fingerprint density at radius 2 is 2.05 bits per heavy atom. The molecule has 1 atom stereocenters. The summed E-state index contributed by atoms with van der Waals surface area (Å²) in [5.41, 5.74) is 3.82. The number of hydrogen-bond acceptors (Lipinski definition) is 3. The highest BCUT2D eigenvalue weighted by Gasteiger charge is 2.08. The molecule has 0 fully saturated rings. The van der Waals surface area contributed by atoms with Crippen molar-refractivity contribution in [3.05, 3.63) is 59.4 Å². The molecule has 0 aliphatic heterocycles. The van der Waals surface area contributed by atoms with Crippen molar-refractivity contribution >= 4 is 11.8 Å². The summed E-state index contributed by atoms with van der Waals surface area (Å²) in [6, 6.07) is 13.4. The van der Waals surface area contributed by atoms with Gasteiger partial charge in [0.2, 0.25) is 0 Å². The van der Waals surface area contributed by atoms with Crippen LogP contribution in [0.3, 0.4) is 0 Å². The van der Waals surface area contributed by atoms with Crippen LogP contribution in [0.2, 0.25) is 0 Å². The van der Waals surface area contributed by atoms with Crippen LogP contribution in [0.25, 0.3) is 0 Å². The first-order valence-electron chi connectivity index (χ1n) is 7.60. The third-order valence-corrected chi connectivity index (χ3v) is 4.52. The summed E-state index contributed by atoms with van der Waals surface area (Å²) in [7, 11) is 0. The number of nitrogens with zero attached hydrogens (tertiary/aromatic N) is 1. The maximum absolute atomic E-state index is 4.61. The number of pyridine rings is 1. The van der Waals surface area contributed by atoms with Gasteiger partial charge in [0.25, 0.3) is 0 Å². The van der Waals surface area contributed by atoms with Gasteiger partial charge in [-0.25, -0.2) is 0 Å². The van der Waals surface area contributed by atoms with Crippen molar-refractivity contribution in [3.8, 4) is 0 Å². The van der Waals surface area contributed by atoms with Crippen LogP contribution in [-0.2, 0) is 5.75 Å². The molecule has 112 valence electrons. The Hall–Kier alpha value is -1.32. The quantitative estimate of drug-likeness (QED) is 0.747. The second-order valence-electron chi connectivity index (χ2n) is 5.22. The Balaban J connectivity index is 1.96. The fourth-order valence-electron chi connectivity index (χ4n) is 2.36. The van der Waals surface area contributed by atoms with Crippen LogP contribution in [0.5, 0.6) is 0 Å². The van der Waals surface area contributed by atoms with Gasteiger partial charge in [-0.05, 0) is 37.6 Å². The van der Waals surface area contributed by atoms with Gasteiger partial charge in [-0.2, -0.15) is 0 Å². The second kappa shape index (κ2) is 8.20. The highest BCUT2D eigenvalue weighted by Crippen LogP contribution is 2.24. The van der Waals surface area contributed by atoms with Gasteiger partial charge in [0.1, 0.15) is 0 Å². The highest BCUT2D eigenvalue weighted by molar-refractivity contribution is 7.98. The van der Waals surface area contributed by atoms with Crippen LogP contribution in [-0.4, -0.2) is 11.5 Å². The molecule has 1 aromatic heterocycles. The summed E-state index contributed by atoms with van der Waals surface area (Å²) in [6.07, 6.45) is 3.06. The van der Waals surface area contributed by atoms with E-state index in [4.69, 9.17) is 0 Å². The minimum atomic E-state index is 0.367. The van der Waals surface area contributed by atoms with E-state index < -0.39 is 0 Å². The van der Waals surface area contributed by atoms with E-state index in [-0.39, 0.29) is 0 Å². The fraction of sp³-hybridized carbons (Fsp3) is 0.389. The predicted octanol–water partition coefficient (Wildman–Crippen LogP) is 4.74. The van der Waals surface area contributed by atoms with Crippen molar-refractivity contribution < 1.29 is 0 Å². The predicted molar refractivity (Wildman–Crippen MR) is 91.7 cm³/mol. The lowest BCUT2D eigenvalue weighted by Gasteiger charge is -2.15. The first-order chi connectivity index (χ1) is 10.2. The Labute approximate surface area is 132 Å². The standard InChI is InChI=1S/C18H24N2S/c1-4-17(19-5-2)18-10-9-16(12-20-18)21-13-15-8-6-7-14(3)11-15/h6-12,17,19H,4-5,13H2,1-3H3. The van der Waals surface area contributed by atoms with Gasteiger partial charge in [0.05, 0.1) is 5.69 Å². The molecular weight excluding hydrogens is 276 g/mol. The van der Waals surface area contributed by atoms with Gasteiger partial charge in [-0.15, -0.1) is 11.8 Å². The van der Waals surface area contributed by atoms with Gasteiger partial charge < -0.3 is 5.32 Å². The second-order valence-corrected chi connectivity index (χ2v) is 6.26. The summed E-state index contributed by atoms with van der Waals surface area (Å²) in [4.78, 5) is 5.84. The molecule has 21 heavy (non-hydrogen) atoms. The third kappa shape index (κ3) is 4.87. The summed E-state index contributed by atoms with van der Waals surface area (Å²) >= 11 is 1.84. The van der Waals surface area contributed by atoms with Crippen molar-refractivity contribution in [2.45, 2.75) is 43.9 Å². The molecule has 0 spiro atoms. The van der Waals surface area contributed by atoms with Crippen molar-refractivity contribution in [1.82, 2.24) is 10.3 Å². The molecule has 2 nitrogen and oxygen atoms in total. The van der Waals surface area contributed by atoms with E-state index in [1.165, 1.54) is 16.0 Å². The van der Waals surface area contributed by atoms with Crippen LogP contribution in [0.1, 0.15) is 43.1 Å². The third-order valence-electron chi connectivity index (χ3n) is 3.46. The maximum atomic E-state index is 4.61. The summed E-state index contributed by atoms with van der Waals surface area (Å²) in [5.74, 6) is 0.993. The number of aryl methyl sites for hydroxylation is 1. The average Bonchev–Trinajstić information content (AvgIpc) is 2.51. The van der Waals surface area contributed by atoms with Crippen molar-refractivity contribution in [3.63, 3.8) is 0 Å². The molecule has 0 bridgehead atoms. The van der Waals surface area contributed by atoms with E-state index >= 15 is 0 Å². The Bertz CT molecular complexity index is 551. The van der Waals surface area contributed by atoms with E-state index in [1.807, 2.05) is 18.0 Å². The largest absolute Gasteiger partial charge is 0.309 e. The molecule has 1 heterocycles. The number of benzene rings is 1. The SMILES string of the molecule is CCNC(CC)c1ccc(SCc2cccc(C)c2)cn1. The molecule has 1 unspecified atom stereocenters. The number of thioether (sulfide) groups is 1. The maximum Gasteiger partial charge on any atom is 0.0573 e. The molecule has 0 amide bonds. The smallest absolute Gasteiger partial charge is 0.0573 e. The molecule has 3 heteroatoms. The molecule has 0 aliphatic carbocycles. The summed E-state index contributed by atoms with van der Waals surface area (Å²) in [6.45, 7) is 7.43. The van der Waals surface area contributed by atoms with E-state index in [2.05, 4.69) is 67.5 Å². The Kier molecular flexibility index (Phi) is 6.27. The van der Waals surface area contributed by atoms with Gasteiger partial charge in [0.15, 0.2) is 0 Å². The van der Waals surface area contributed by atoms with E-state index in [9.17, 15) is 0 Å². The normalized spacial score (nSPS) is 12.3. The molecule has 0 radical (unpaired) electrons. The van der Waals surface area contributed by atoms with Crippen LogP contribution < -0.4 is 5.32 Å². The Morgan fingerprint density at radius 3 is 2.67 bits per heavy atom. The minimum Gasteiger partial charge on any atom is -0.309 e. The lowest BCUT2D eigenvalue weighted by atomic mass is 10.1. The molecule has 1 N–H and O–H groups in total. The average molecular weight is 300 g/mol. The Morgan fingerprint density at radius 1 is 1.19 bits per heavy atom. The monoisotopic (exact) mass is 300 g/mol. The van der Waals surface area contributed by atoms with Crippen molar-refractivity contribution in [2.24, 2.45) is 0 Å². The molecule has 2 rings (SSSR count). The van der Waals surface area contributed by atoms with Crippen LogP contribution >= 0.6 is 11.8 Å². The van der Waals surface area contributed by atoms with Crippen LogP contribution in [0.15, 0.2) is 47.5 Å². The van der Waals surface area contributed by atoms with Gasteiger partial charge in [-0.1, -0.05) is 43.7 Å². The van der Waals surface area contributed by atoms with Crippen molar-refractivity contribution in [2.75, 3.05) is 6.54 Å². The number of hydrogen-bond donors (Lipinski definition) is 1. The number of rotatable bonds is 7. The van der Waals surface area contributed by atoms with Gasteiger partial charge in [-0.3, -0.25) is 4.98 Å². The summed E-state index contributed by atoms with van der Waals surface area (Å²) in [5, 5.41) is 3.46. The van der Waals surface area contributed by atoms with Crippen LogP contribution in [0.4, 0.5) is 0 Å². The first-order valence-corrected chi connectivity index (χ1v) is 8.59. The van der Waals surface area contributed by atoms with E-state index in [1.54, 1.807) is 0 Å². The molecule has 1 aromatic carbocycles. The van der Waals surface area contributed by atoms with Crippen LogP contribution in [0, 0.1) is 6.92 Å². The topological polar surface area (TPSA) is 24.9 Å². The zero-order chi connectivity index (χ0) is 15.1. The lowest BCUT2D eigenvalue weighted by molar-refractivity contribution is 0.524. The number of aromatic nitrogens is 1. The molecule has 0 saturated heterocycles. The number of nitrogens with one attached hydrogen (secondary N) is 1. The fourth-order valence-corrected chi connectivity index (χ4v) is 3.16. The first kappa shape index (κ1) is 16.1. The highest BCUT2D eigenvalue weighted by atomic mass is 32.2. The molecular formula is C18H24N2S. The summed E-state index contributed by atoms with van der Waals surface area (Å²) < 4.78 is 0. The van der Waals surface area contributed by atoms with Gasteiger partial charge in [0, 0.05) is 22.9 Å². The zero-order valence-corrected chi connectivity index (χ0v) is 13.9. The van der Waals surface area contributed by atoms with E-state index in [0.29, 0.717) is 6.04 Å². The molecule has 0 saturated carbocycles. The van der Waals surface area contributed by atoms with Gasteiger partial charge >= 0.3 is 0 Å². The molecule has 0 aliphatic rings. The minimum absolute atomic E-state index is 0.367.